The van der Waals surface area contributed by atoms with Gasteiger partial charge in [-0.25, -0.2) is 4.79 Å². The van der Waals surface area contributed by atoms with E-state index in [0.29, 0.717) is 11.6 Å². The van der Waals surface area contributed by atoms with Crippen molar-refractivity contribution in [3.8, 4) is 0 Å². The van der Waals surface area contributed by atoms with Crippen LogP contribution in [-0.4, -0.2) is 50.1 Å². The highest BCUT2D eigenvalue weighted by Gasteiger charge is 2.36. The summed E-state index contributed by atoms with van der Waals surface area (Å²) >= 11 is 6.28. The lowest BCUT2D eigenvalue weighted by Gasteiger charge is -2.42. The monoisotopic (exact) mass is 357 g/mol. The number of hydrogen-bond donors (Lipinski definition) is 0. The standard InChI is InChI=1S/C20H24ClN3O/c1-22(2)12-7-13-24-19(15-8-5-4-6-9-15)17-14-16(21)10-11-18(17)23(3)20(24)25/h4-6,8-11,14,19H,7,12-13H2,1-3H3. The number of carbonyl (C=O) groups excluding carboxylic acids is 1. The second kappa shape index (κ2) is 7.46. The van der Waals surface area contributed by atoms with Crippen molar-refractivity contribution in [2.45, 2.75) is 12.5 Å². The van der Waals surface area contributed by atoms with Crippen LogP contribution in [0.25, 0.3) is 0 Å². The molecule has 4 nitrogen and oxygen atoms in total. The van der Waals surface area contributed by atoms with Gasteiger partial charge >= 0.3 is 6.03 Å². The molecule has 0 bridgehead atoms. The molecule has 0 spiro atoms. The largest absolute Gasteiger partial charge is 0.325 e. The highest BCUT2D eigenvalue weighted by atomic mass is 35.5. The highest BCUT2D eigenvalue weighted by molar-refractivity contribution is 6.30. The molecular formula is C20H24ClN3O. The Kier molecular flexibility index (Phi) is 5.30. The van der Waals surface area contributed by atoms with Crippen molar-refractivity contribution in [2.75, 3.05) is 39.1 Å². The van der Waals surface area contributed by atoms with E-state index in [4.69, 9.17) is 11.6 Å². The average Bonchev–Trinajstić information content (AvgIpc) is 2.59. The van der Waals surface area contributed by atoms with Crippen LogP contribution in [0, 0.1) is 0 Å². The predicted octanol–water partition coefficient (Wildman–Crippen LogP) is 4.25. The van der Waals surface area contributed by atoms with E-state index in [-0.39, 0.29) is 12.1 Å². The molecule has 2 aromatic rings. The van der Waals surface area contributed by atoms with Crippen LogP contribution in [0.15, 0.2) is 48.5 Å². The summed E-state index contributed by atoms with van der Waals surface area (Å²) in [6.45, 7) is 1.64. The topological polar surface area (TPSA) is 26.8 Å². The molecule has 0 radical (unpaired) electrons. The normalized spacial score (nSPS) is 17.2. The molecule has 25 heavy (non-hydrogen) atoms. The molecule has 0 N–H and O–H groups in total. The minimum Gasteiger partial charge on any atom is -0.313 e. The number of rotatable bonds is 5. The maximum atomic E-state index is 13.0. The zero-order valence-electron chi connectivity index (χ0n) is 14.9. The molecule has 1 heterocycles. The van der Waals surface area contributed by atoms with Crippen LogP contribution in [-0.2, 0) is 0 Å². The minimum absolute atomic E-state index is 0.0300. The Morgan fingerprint density at radius 1 is 1.12 bits per heavy atom. The van der Waals surface area contributed by atoms with Gasteiger partial charge in [0.1, 0.15) is 0 Å². The number of hydrogen-bond acceptors (Lipinski definition) is 2. The fourth-order valence-corrected chi connectivity index (χ4v) is 3.58. The van der Waals surface area contributed by atoms with E-state index >= 15 is 0 Å². The molecule has 1 atom stereocenters. The molecule has 132 valence electrons. The minimum atomic E-state index is -0.110. The van der Waals surface area contributed by atoms with E-state index in [2.05, 4.69) is 17.0 Å². The van der Waals surface area contributed by atoms with E-state index in [9.17, 15) is 4.79 Å². The number of anilines is 1. The number of nitrogens with zero attached hydrogens (tertiary/aromatic N) is 3. The lowest BCUT2D eigenvalue weighted by Crippen LogP contribution is -2.48. The third-order valence-corrected chi connectivity index (χ3v) is 4.84. The quantitative estimate of drug-likeness (QED) is 0.799. The molecule has 5 heteroatoms. The Hall–Kier alpha value is -2.04. The summed E-state index contributed by atoms with van der Waals surface area (Å²) in [5.41, 5.74) is 3.11. The smallest absolute Gasteiger partial charge is 0.313 e. The van der Waals surface area contributed by atoms with Crippen molar-refractivity contribution in [2.24, 2.45) is 0 Å². The molecule has 1 aliphatic rings. The third-order valence-electron chi connectivity index (χ3n) is 4.61. The van der Waals surface area contributed by atoms with Crippen LogP contribution in [0.5, 0.6) is 0 Å². The van der Waals surface area contributed by atoms with Crippen molar-refractivity contribution in [1.29, 1.82) is 0 Å². The lowest BCUT2D eigenvalue weighted by molar-refractivity contribution is 0.184. The summed E-state index contributed by atoms with van der Waals surface area (Å²) < 4.78 is 0. The zero-order chi connectivity index (χ0) is 18.0. The first-order valence-corrected chi connectivity index (χ1v) is 8.90. The van der Waals surface area contributed by atoms with E-state index < -0.39 is 0 Å². The fourth-order valence-electron chi connectivity index (χ4n) is 3.40. The van der Waals surface area contributed by atoms with Crippen molar-refractivity contribution in [3.05, 3.63) is 64.7 Å². The maximum absolute atomic E-state index is 13.0. The van der Waals surface area contributed by atoms with E-state index in [1.54, 1.807) is 4.90 Å². The average molecular weight is 358 g/mol. The van der Waals surface area contributed by atoms with Crippen LogP contribution in [0.3, 0.4) is 0 Å². The number of benzene rings is 2. The molecular weight excluding hydrogens is 334 g/mol. The molecule has 1 aliphatic heterocycles. The molecule has 0 aromatic heterocycles. The van der Waals surface area contributed by atoms with Gasteiger partial charge in [0.25, 0.3) is 0 Å². The molecule has 0 saturated carbocycles. The Morgan fingerprint density at radius 3 is 2.52 bits per heavy atom. The molecule has 2 aromatic carbocycles. The van der Waals surface area contributed by atoms with Gasteiger partial charge in [0.2, 0.25) is 0 Å². The summed E-state index contributed by atoms with van der Waals surface area (Å²) in [6, 6.07) is 15.9. The number of amides is 2. The molecule has 3 rings (SSSR count). The van der Waals surface area contributed by atoms with Gasteiger partial charge < -0.3 is 9.80 Å². The maximum Gasteiger partial charge on any atom is 0.325 e. The van der Waals surface area contributed by atoms with Gasteiger partial charge in [-0.3, -0.25) is 4.90 Å². The summed E-state index contributed by atoms with van der Waals surface area (Å²) in [6.07, 6.45) is 0.922. The van der Waals surface area contributed by atoms with Gasteiger partial charge in [0, 0.05) is 24.2 Å². The summed E-state index contributed by atoms with van der Waals surface area (Å²) in [7, 11) is 5.93. The van der Waals surface area contributed by atoms with Gasteiger partial charge in [-0.1, -0.05) is 41.9 Å². The van der Waals surface area contributed by atoms with Crippen LogP contribution >= 0.6 is 11.6 Å². The number of fused-ring (bicyclic) bond motifs is 1. The Bertz CT molecular complexity index is 748. The van der Waals surface area contributed by atoms with Gasteiger partial charge in [-0.15, -0.1) is 0 Å². The molecule has 0 aliphatic carbocycles. The first-order chi connectivity index (χ1) is 12.0. The molecule has 0 saturated heterocycles. The Balaban J connectivity index is 2.04. The van der Waals surface area contributed by atoms with Crippen LogP contribution in [0.2, 0.25) is 5.02 Å². The molecule has 0 fully saturated rings. The first kappa shape index (κ1) is 17.8. The van der Waals surface area contributed by atoms with Crippen molar-refractivity contribution in [3.63, 3.8) is 0 Å². The fraction of sp³-hybridized carbons (Fsp3) is 0.350. The van der Waals surface area contributed by atoms with E-state index in [0.717, 1.165) is 29.8 Å². The van der Waals surface area contributed by atoms with E-state index in [1.165, 1.54) is 0 Å². The highest BCUT2D eigenvalue weighted by Crippen LogP contribution is 2.41. The van der Waals surface area contributed by atoms with Gasteiger partial charge in [-0.05, 0) is 50.8 Å². The molecule has 2 amide bonds. The number of halogens is 1. The van der Waals surface area contributed by atoms with Gasteiger partial charge in [-0.2, -0.15) is 0 Å². The van der Waals surface area contributed by atoms with Crippen LogP contribution in [0.4, 0.5) is 10.5 Å². The number of urea groups is 1. The van der Waals surface area contributed by atoms with E-state index in [1.807, 2.05) is 62.4 Å². The Labute approximate surface area is 154 Å². The lowest BCUT2D eigenvalue weighted by atomic mass is 9.93. The second-order valence-electron chi connectivity index (χ2n) is 6.71. The van der Waals surface area contributed by atoms with Gasteiger partial charge in [0.05, 0.1) is 11.7 Å². The van der Waals surface area contributed by atoms with Crippen molar-refractivity contribution >= 4 is 23.3 Å². The van der Waals surface area contributed by atoms with Crippen LogP contribution in [0.1, 0.15) is 23.6 Å². The van der Waals surface area contributed by atoms with Gasteiger partial charge in [0.15, 0.2) is 0 Å². The van der Waals surface area contributed by atoms with Crippen molar-refractivity contribution in [1.82, 2.24) is 9.80 Å². The summed E-state index contributed by atoms with van der Waals surface area (Å²) in [4.78, 5) is 18.9. The van der Waals surface area contributed by atoms with Crippen LogP contribution < -0.4 is 4.90 Å². The summed E-state index contributed by atoms with van der Waals surface area (Å²) in [5.74, 6) is 0. The second-order valence-corrected chi connectivity index (χ2v) is 7.14. The van der Waals surface area contributed by atoms with Crippen molar-refractivity contribution < 1.29 is 4.79 Å². The zero-order valence-corrected chi connectivity index (χ0v) is 15.7. The molecule has 1 unspecified atom stereocenters. The number of carbonyl (C=O) groups is 1. The summed E-state index contributed by atoms with van der Waals surface area (Å²) in [5, 5.41) is 0.690. The predicted molar refractivity (Wildman–Crippen MR) is 103 cm³/mol. The first-order valence-electron chi connectivity index (χ1n) is 8.52. The third kappa shape index (κ3) is 3.65. The Morgan fingerprint density at radius 2 is 1.84 bits per heavy atom. The SMILES string of the molecule is CN(C)CCCN1C(=O)N(C)c2ccc(Cl)cc2C1c1ccccc1.